The molecule has 108 valence electrons. The summed E-state index contributed by atoms with van der Waals surface area (Å²) in [5.41, 5.74) is 0.827. The van der Waals surface area contributed by atoms with Crippen molar-refractivity contribution < 1.29 is 9.16 Å². The molecule has 2 aromatic carbocycles. The lowest BCUT2D eigenvalue weighted by Gasteiger charge is -2.22. The number of nitriles is 1. The van der Waals surface area contributed by atoms with Crippen LogP contribution >= 0.6 is 0 Å². The van der Waals surface area contributed by atoms with E-state index in [0.29, 0.717) is 5.75 Å². The van der Waals surface area contributed by atoms with Gasteiger partial charge in [-0.1, -0.05) is 30.3 Å². The van der Waals surface area contributed by atoms with E-state index in [0.717, 1.165) is 11.3 Å². The van der Waals surface area contributed by atoms with Crippen LogP contribution in [0.25, 0.3) is 0 Å². The van der Waals surface area contributed by atoms with Crippen molar-refractivity contribution in [3.05, 3.63) is 60.2 Å². The van der Waals surface area contributed by atoms with E-state index in [2.05, 4.69) is 25.7 Å². The first-order valence-electron chi connectivity index (χ1n) is 6.88. The van der Waals surface area contributed by atoms with Crippen LogP contribution in [0.15, 0.2) is 54.6 Å². The van der Waals surface area contributed by atoms with E-state index in [1.54, 1.807) is 0 Å². The zero-order valence-electron chi connectivity index (χ0n) is 12.5. The van der Waals surface area contributed by atoms with Crippen LogP contribution < -0.4 is 4.74 Å². The Balaban J connectivity index is 2.19. The number of benzene rings is 2. The first-order chi connectivity index (χ1) is 9.98. The second-order valence-electron chi connectivity index (χ2n) is 5.73. The second kappa shape index (κ2) is 6.57. The number of nitrogens with zero attached hydrogens (tertiary/aromatic N) is 1. The maximum absolute atomic E-state index is 9.33. The maximum atomic E-state index is 9.33. The predicted octanol–water partition coefficient (Wildman–Crippen LogP) is 4.90. The van der Waals surface area contributed by atoms with E-state index in [-0.39, 0.29) is 0 Å². The summed E-state index contributed by atoms with van der Waals surface area (Å²) in [5, 5.41) is 9.33. The molecule has 0 saturated heterocycles. The molecule has 0 fully saturated rings. The smallest absolute Gasteiger partial charge is 0.186 e. The average molecular weight is 297 g/mol. The van der Waals surface area contributed by atoms with Crippen LogP contribution in [0.4, 0.5) is 0 Å². The Hall–Kier alpha value is -2.09. The highest BCUT2D eigenvalue weighted by molar-refractivity contribution is 6.69. The van der Waals surface area contributed by atoms with Gasteiger partial charge in [-0.25, -0.2) is 0 Å². The molecule has 0 unspecified atom stereocenters. The Kier molecular flexibility index (Phi) is 4.79. The molecule has 0 spiro atoms. The van der Waals surface area contributed by atoms with Gasteiger partial charge in [-0.05, 0) is 49.5 Å². The van der Waals surface area contributed by atoms with E-state index in [1.165, 1.54) is 0 Å². The lowest BCUT2D eigenvalue weighted by Crippen LogP contribution is -2.27. The Labute approximate surface area is 126 Å². The van der Waals surface area contributed by atoms with Crippen LogP contribution in [-0.4, -0.2) is 8.32 Å². The maximum Gasteiger partial charge on any atom is 0.186 e. The molecule has 4 heteroatoms. The SMILES string of the molecule is C[Si](C)(C)O[C@H](C#N)c1cccc(Oc2ccccc2)c1. The number of ether oxygens (including phenoxy) is 1. The zero-order valence-corrected chi connectivity index (χ0v) is 13.5. The van der Waals surface area contributed by atoms with Crippen LogP contribution in [0.5, 0.6) is 11.5 Å². The zero-order chi connectivity index (χ0) is 15.3. The Morgan fingerprint density at radius 3 is 2.24 bits per heavy atom. The van der Waals surface area contributed by atoms with Gasteiger partial charge in [0, 0.05) is 0 Å². The molecule has 0 aliphatic carbocycles. The molecule has 1 atom stereocenters. The van der Waals surface area contributed by atoms with Gasteiger partial charge in [-0.3, -0.25) is 0 Å². The molecule has 0 N–H and O–H groups in total. The van der Waals surface area contributed by atoms with Gasteiger partial charge < -0.3 is 9.16 Å². The molecule has 2 aromatic rings. The van der Waals surface area contributed by atoms with Crippen molar-refractivity contribution in [2.45, 2.75) is 25.7 Å². The molecule has 21 heavy (non-hydrogen) atoms. The molecule has 0 amide bonds. The number of para-hydroxylation sites is 1. The molecule has 0 aliphatic rings. The topological polar surface area (TPSA) is 42.2 Å². The van der Waals surface area contributed by atoms with Gasteiger partial charge in [0.2, 0.25) is 0 Å². The van der Waals surface area contributed by atoms with Crippen LogP contribution in [0.1, 0.15) is 11.7 Å². The molecular weight excluding hydrogens is 278 g/mol. The van der Waals surface area contributed by atoms with Gasteiger partial charge >= 0.3 is 0 Å². The van der Waals surface area contributed by atoms with Gasteiger partial charge in [0.05, 0.1) is 6.07 Å². The van der Waals surface area contributed by atoms with Crippen molar-refractivity contribution in [3.63, 3.8) is 0 Å². The van der Waals surface area contributed by atoms with Crippen molar-refractivity contribution >= 4 is 8.32 Å². The number of hydrogen-bond donors (Lipinski definition) is 0. The minimum absolute atomic E-state index is 0.545. The van der Waals surface area contributed by atoms with Gasteiger partial charge in [-0.2, -0.15) is 5.26 Å². The van der Waals surface area contributed by atoms with Crippen LogP contribution in [0.3, 0.4) is 0 Å². The lowest BCUT2D eigenvalue weighted by atomic mass is 10.1. The third-order valence-electron chi connectivity index (χ3n) is 2.73. The molecule has 0 bridgehead atoms. The summed E-state index contributed by atoms with van der Waals surface area (Å²) >= 11 is 0. The highest BCUT2D eigenvalue weighted by Crippen LogP contribution is 2.27. The van der Waals surface area contributed by atoms with Crippen molar-refractivity contribution in [3.8, 4) is 17.6 Å². The Morgan fingerprint density at radius 1 is 0.952 bits per heavy atom. The van der Waals surface area contributed by atoms with Crippen LogP contribution in [0, 0.1) is 11.3 Å². The van der Waals surface area contributed by atoms with E-state index in [1.807, 2.05) is 54.6 Å². The molecule has 2 rings (SSSR count). The quantitative estimate of drug-likeness (QED) is 0.737. The fourth-order valence-electron chi connectivity index (χ4n) is 1.89. The fraction of sp³-hybridized carbons (Fsp3) is 0.235. The van der Waals surface area contributed by atoms with E-state index < -0.39 is 14.4 Å². The summed E-state index contributed by atoms with van der Waals surface area (Å²) in [6.45, 7) is 6.21. The van der Waals surface area contributed by atoms with Crippen molar-refractivity contribution in [2.24, 2.45) is 0 Å². The van der Waals surface area contributed by atoms with Crippen molar-refractivity contribution in [2.75, 3.05) is 0 Å². The monoisotopic (exact) mass is 297 g/mol. The summed E-state index contributed by atoms with van der Waals surface area (Å²) in [6, 6.07) is 19.3. The van der Waals surface area contributed by atoms with Gasteiger partial charge in [0.1, 0.15) is 11.5 Å². The first kappa shape index (κ1) is 15.3. The molecule has 0 heterocycles. The van der Waals surface area contributed by atoms with E-state index >= 15 is 0 Å². The Bertz CT molecular complexity index is 629. The van der Waals surface area contributed by atoms with Gasteiger partial charge in [0.25, 0.3) is 0 Å². The summed E-state index contributed by atoms with van der Waals surface area (Å²) < 4.78 is 11.7. The summed E-state index contributed by atoms with van der Waals surface area (Å²) in [5.74, 6) is 1.48. The predicted molar refractivity (Wildman–Crippen MR) is 85.7 cm³/mol. The molecule has 0 aromatic heterocycles. The normalized spacial score (nSPS) is 12.5. The second-order valence-corrected chi connectivity index (χ2v) is 10.2. The highest BCUT2D eigenvalue weighted by Gasteiger charge is 2.22. The van der Waals surface area contributed by atoms with Crippen molar-refractivity contribution in [1.82, 2.24) is 0 Å². The molecular formula is C17H19NO2Si. The minimum Gasteiger partial charge on any atom is -0.457 e. The summed E-state index contributed by atoms with van der Waals surface area (Å²) in [7, 11) is -1.78. The number of rotatable bonds is 5. The van der Waals surface area contributed by atoms with Crippen molar-refractivity contribution in [1.29, 1.82) is 5.26 Å². The van der Waals surface area contributed by atoms with Crippen LogP contribution in [-0.2, 0) is 4.43 Å². The standard InChI is InChI=1S/C17H19NO2Si/c1-21(2,3)20-17(13-18)14-8-7-11-16(12-14)19-15-9-5-4-6-10-15/h4-12,17H,1-3H3/t17-/m1/s1. The molecule has 0 radical (unpaired) electrons. The minimum atomic E-state index is -1.78. The van der Waals surface area contributed by atoms with Gasteiger partial charge in [0.15, 0.2) is 14.4 Å². The number of hydrogen-bond acceptors (Lipinski definition) is 3. The average Bonchev–Trinajstić information content (AvgIpc) is 2.45. The molecule has 0 saturated carbocycles. The highest BCUT2D eigenvalue weighted by atomic mass is 28.4. The Morgan fingerprint density at radius 2 is 1.62 bits per heavy atom. The van der Waals surface area contributed by atoms with Crippen LogP contribution in [0.2, 0.25) is 19.6 Å². The lowest BCUT2D eigenvalue weighted by molar-refractivity contribution is 0.254. The molecule has 0 aliphatic heterocycles. The first-order valence-corrected chi connectivity index (χ1v) is 10.3. The van der Waals surface area contributed by atoms with E-state index in [4.69, 9.17) is 9.16 Å². The summed E-state index contributed by atoms with van der Waals surface area (Å²) in [4.78, 5) is 0. The van der Waals surface area contributed by atoms with Gasteiger partial charge in [-0.15, -0.1) is 0 Å². The van der Waals surface area contributed by atoms with E-state index in [9.17, 15) is 5.26 Å². The molecule has 3 nitrogen and oxygen atoms in total. The third-order valence-corrected chi connectivity index (χ3v) is 3.67. The largest absolute Gasteiger partial charge is 0.457 e. The third kappa shape index (κ3) is 4.74. The fourth-order valence-corrected chi connectivity index (χ4v) is 2.78. The summed E-state index contributed by atoms with van der Waals surface area (Å²) in [6.07, 6.45) is -0.545.